The molecule has 6 heteroatoms. The molecule has 1 amide bonds. The SMILES string of the molecule is COC(=O)C1CC2(CC(NC(=O)C(=C(C)C)C(Cc3ccc(N4CCOCC4)cc3)=C(C)C)C2)C1. The molecule has 3 aliphatic rings. The van der Waals surface area contributed by atoms with Crippen LogP contribution >= 0.6 is 0 Å². The minimum atomic E-state index is -0.0962. The van der Waals surface area contributed by atoms with Crippen LogP contribution in [0.5, 0.6) is 0 Å². The molecule has 1 heterocycles. The molecule has 6 nitrogen and oxygen atoms in total. The number of methoxy groups -OCH3 is 1. The summed E-state index contributed by atoms with van der Waals surface area (Å²) in [6, 6.07) is 8.90. The molecule has 190 valence electrons. The number of anilines is 1. The fraction of sp³-hybridized carbons (Fsp3) is 0.586. The second-order valence-electron chi connectivity index (χ2n) is 11.0. The molecule has 1 aliphatic heterocycles. The van der Waals surface area contributed by atoms with Crippen molar-refractivity contribution in [3.05, 3.63) is 52.1 Å². The molecule has 2 aliphatic carbocycles. The Labute approximate surface area is 209 Å². The van der Waals surface area contributed by atoms with Crippen molar-refractivity contribution in [3.8, 4) is 0 Å². The molecular formula is C29H40N2O4. The monoisotopic (exact) mass is 480 g/mol. The fourth-order valence-electron chi connectivity index (χ4n) is 6.03. The van der Waals surface area contributed by atoms with Crippen molar-refractivity contribution < 1.29 is 19.1 Å². The van der Waals surface area contributed by atoms with Gasteiger partial charge in [-0.25, -0.2) is 0 Å². The molecule has 1 aromatic carbocycles. The van der Waals surface area contributed by atoms with Gasteiger partial charge in [-0.3, -0.25) is 9.59 Å². The summed E-state index contributed by atoms with van der Waals surface area (Å²) in [7, 11) is 1.46. The van der Waals surface area contributed by atoms with E-state index in [0.29, 0.717) is 0 Å². The quantitative estimate of drug-likeness (QED) is 0.351. The maximum Gasteiger partial charge on any atom is 0.308 e. The van der Waals surface area contributed by atoms with Crippen molar-refractivity contribution >= 4 is 17.6 Å². The van der Waals surface area contributed by atoms with Crippen molar-refractivity contribution in [1.82, 2.24) is 5.32 Å². The van der Waals surface area contributed by atoms with Gasteiger partial charge in [-0.1, -0.05) is 23.3 Å². The summed E-state index contributed by atoms with van der Waals surface area (Å²) in [6.45, 7) is 11.6. The van der Waals surface area contributed by atoms with E-state index in [1.807, 2.05) is 13.8 Å². The fourth-order valence-corrected chi connectivity index (χ4v) is 6.03. The zero-order chi connectivity index (χ0) is 25.2. The summed E-state index contributed by atoms with van der Waals surface area (Å²) in [6.07, 6.45) is 4.42. The molecule has 2 saturated carbocycles. The minimum Gasteiger partial charge on any atom is -0.469 e. The molecule has 1 N–H and O–H groups in total. The van der Waals surface area contributed by atoms with E-state index in [1.54, 1.807) is 0 Å². The molecule has 1 saturated heterocycles. The van der Waals surface area contributed by atoms with Gasteiger partial charge < -0.3 is 19.7 Å². The Bertz CT molecular complexity index is 996. The van der Waals surface area contributed by atoms with Gasteiger partial charge in [0, 0.05) is 30.4 Å². The first-order valence-electron chi connectivity index (χ1n) is 12.9. The van der Waals surface area contributed by atoms with Gasteiger partial charge in [0.25, 0.3) is 5.91 Å². The smallest absolute Gasteiger partial charge is 0.308 e. The van der Waals surface area contributed by atoms with E-state index in [1.165, 1.54) is 23.9 Å². The Morgan fingerprint density at radius 3 is 2.17 bits per heavy atom. The molecule has 1 aromatic rings. The Morgan fingerprint density at radius 1 is 1.00 bits per heavy atom. The number of hydrogen-bond acceptors (Lipinski definition) is 5. The maximum atomic E-state index is 13.4. The first-order chi connectivity index (χ1) is 16.7. The van der Waals surface area contributed by atoms with Crippen molar-refractivity contribution in [2.45, 2.75) is 65.8 Å². The molecule has 0 atom stereocenters. The highest BCUT2D eigenvalue weighted by molar-refractivity contribution is 5.99. The molecule has 3 fully saturated rings. The highest BCUT2D eigenvalue weighted by atomic mass is 16.5. The van der Waals surface area contributed by atoms with E-state index < -0.39 is 0 Å². The highest BCUT2D eigenvalue weighted by Crippen LogP contribution is 2.59. The third kappa shape index (κ3) is 5.64. The van der Waals surface area contributed by atoms with Gasteiger partial charge in [-0.2, -0.15) is 0 Å². The highest BCUT2D eigenvalue weighted by Gasteiger charge is 2.55. The third-order valence-electron chi connectivity index (χ3n) is 7.91. The molecule has 4 rings (SSSR count). The lowest BCUT2D eigenvalue weighted by Crippen LogP contribution is -2.57. The summed E-state index contributed by atoms with van der Waals surface area (Å²) in [5.74, 6) is -0.0344. The molecule has 0 unspecified atom stereocenters. The lowest BCUT2D eigenvalue weighted by Gasteiger charge is -2.56. The van der Waals surface area contributed by atoms with Crippen LogP contribution < -0.4 is 10.2 Å². The Morgan fingerprint density at radius 2 is 1.63 bits per heavy atom. The topological polar surface area (TPSA) is 67.9 Å². The minimum absolute atomic E-state index is 0.0230. The van der Waals surface area contributed by atoms with Crippen LogP contribution in [0.3, 0.4) is 0 Å². The number of rotatable bonds is 7. The van der Waals surface area contributed by atoms with E-state index in [4.69, 9.17) is 9.47 Å². The second kappa shape index (κ2) is 10.6. The average Bonchev–Trinajstić information content (AvgIpc) is 2.79. The van der Waals surface area contributed by atoms with Gasteiger partial charge in [0.2, 0.25) is 0 Å². The summed E-state index contributed by atoms with van der Waals surface area (Å²) in [5, 5.41) is 3.29. The van der Waals surface area contributed by atoms with Gasteiger partial charge >= 0.3 is 5.97 Å². The summed E-state index contributed by atoms with van der Waals surface area (Å²) in [5.41, 5.74) is 6.76. The van der Waals surface area contributed by atoms with Crippen LogP contribution in [0.15, 0.2) is 46.6 Å². The standard InChI is InChI=1S/C29H40N2O4/c1-19(2)25(14-21-6-8-24(9-7-21)31-10-12-35-13-11-31)26(20(3)4)27(32)30-23-17-29(18-23)15-22(16-29)28(33)34-5/h6-9,22-23H,10-18H2,1-5H3,(H,30,32). The van der Waals surface area contributed by atoms with Crippen LogP contribution in [0.4, 0.5) is 5.69 Å². The molecule has 0 aromatic heterocycles. The summed E-state index contributed by atoms with van der Waals surface area (Å²) in [4.78, 5) is 27.5. The van der Waals surface area contributed by atoms with Gasteiger partial charge in [0.15, 0.2) is 0 Å². The van der Waals surface area contributed by atoms with E-state index in [9.17, 15) is 9.59 Å². The molecule has 35 heavy (non-hydrogen) atoms. The Balaban J connectivity index is 1.38. The van der Waals surface area contributed by atoms with Crippen LogP contribution in [0.25, 0.3) is 0 Å². The number of morpholine rings is 1. The molecule has 0 radical (unpaired) electrons. The van der Waals surface area contributed by atoms with Gasteiger partial charge in [0.05, 0.1) is 26.2 Å². The number of esters is 1. The van der Waals surface area contributed by atoms with Crippen molar-refractivity contribution in [1.29, 1.82) is 0 Å². The number of benzene rings is 1. The first-order valence-corrected chi connectivity index (χ1v) is 12.9. The molecule has 0 bridgehead atoms. The normalized spacial score (nSPS) is 25.2. The molecular weight excluding hydrogens is 440 g/mol. The van der Waals surface area contributed by atoms with Crippen molar-refractivity contribution in [3.63, 3.8) is 0 Å². The zero-order valence-electron chi connectivity index (χ0n) is 21.9. The third-order valence-corrected chi connectivity index (χ3v) is 7.91. The van der Waals surface area contributed by atoms with Crippen LogP contribution in [-0.2, 0) is 25.5 Å². The average molecular weight is 481 g/mol. The van der Waals surface area contributed by atoms with Crippen molar-refractivity contribution in [2.24, 2.45) is 11.3 Å². The number of allylic oxidation sites excluding steroid dienone is 2. The van der Waals surface area contributed by atoms with Crippen LogP contribution in [0.2, 0.25) is 0 Å². The number of carbonyl (C=O) groups is 2. The number of nitrogens with zero attached hydrogens (tertiary/aromatic N) is 1. The zero-order valence-corrected chi connectivity index (χ0v) is 21.9. The molecule has 1 spiro atoms. The number of amides is 1. The van der Waals surface area contributed by atoms with E-state index in [0.717, 1.165) is 75.1 Å². The van der Waals surface area contributed by atoms with Crippen molar-refractivity contribution in [2.75, 3.05) is 38.3 Å². The van der Waals surface area contributed by atoms with E-state index in [-0.39, 0.29) is 29.3 Å². The van der Waals surface area contributed by atoms with Crippen LogP contribution in [0, 0.1) is 11.3 Å². The number of hydrogen-bond donors (Lipinski definition) is 1. The van der Waals surface area contributed by atoms with Crippen LogP contribution in [0.1, 0.15) is 58.9 Å². The van der Waals surface area contributed by atoms with E-state index >= 15 is 0 Å². The van der Waals surface area contributed by atoms with Crippen LogP contribution in [-0.4, -0.2) is 51.3 Å². The van der Waals surface area contributed by atoms with Gasteiger partial charge in [-0.15, -0.1) is 0 Å². The second-order valence-corrected chi connectivity index (χ2v) is 11.0. The maximum absolute atomic E-state index is 13.4. The predicted octanol–water partition coefficient (Wildman–Crippen LogP) is 4.59. The Hall–Kier alpha value is -2.60. The van der Waals surface area contributed by atoms with E-state index in [2.05, 4.69) is 48.3 Å². The van der Waals surface area contributed by atoms with Gasteiger partial charge in [0.1, 0.15) is 0 Å². The predicted molar refractivity (Wildman–Crippen MR) is 138 cm³/mol. The number of nitrogens with one attached hydrogen (secondary N) is 1. The Kier molecular flexibility index (Phi) is 7.70. The van der Waals surface area contributed by atoms with Gasteiger partial charge in [-0.05, 0) is 88.5 Å². The number of ether oxygens (including phenoxy) is 2. The lowest BCUT2D eigenvalue weighted by atomic mass is 9.50. The first kappa shape index (κ1) is 25.5. The summed E-state index contributed by atoms with van der Waals surface area (Å²) >= 11 is 0. The lowest BCUT2D eigenvalue weighted by molar-refractivity contribution is -0.160. The largest absolute Gasteiger partial charge is 0.469 e. The summed E-state index contributed by atoms with van der Waals surface area (Å²) < 4.78 is 10.3. The number of carbonyl (C=O) groups excluding carboxylic acids is 2.